The van der Waals surface area contributed by atoms with Gasteiger partial charge in [0.25, 0.3) is 27.5 Å². The van der Waals surface area contributed by atoms with E-state index in [0.717, 1.165) is 106 Å². The molecule has 4 saturated heterocycles. The van der Waals surface area contributed by atoms with E-state index < -0.39 is 43.1 Å². The molecule has 9 heterocycles. The van der Waals surface area contributed by atoms with E-state index in [1.54, 1.807) is 6.07 Å². The Morgan fingerprint density at radius 1 is 0.914 bits per heavy atom. The van der Waals surface area contributed by atoms with Crippen LogP contribution in [-0.4, -0.2) is 140 Å². The number of piperidine rings is 1. The first-order valence-electron chi connectivity index (χ1n) is 28.6. The number of pyridine rings is 2. The fourth-order valence-corrected chi connectivity index (χ4v) is 14.6. The van der Waals surface area contributed by atoms with E-state index in [9.17, 15) is 23.3 Å². The number of H-pyrrole nitrogens is 1. The van der Waals surface area contributed by atoms with Crippen LogP contribution in [0.2, 0.25) is 0 Å². The highest BCUT2D eigenvalue weighted by molar-refractivity contribution is 7.90. The van der Waals surface area contributed by atoms with Crippen molar-refractivity contribution >= 4 is 55.4 Å². The minimum Gasteiger partial charge on any atom is -0.483 e. The van der Waals surface area contributed by atoms with Crippen molar-refractivity contribution in [1.82, 2.24) is 29.5 Å². The molecule has 13 rings (SSSR count). The van der Waals surface area contributed by atoms with E-state index in [0.29, 0.717) is 80.8 Å². The molecule has 3 N–H and O–H groups in total. The number of nitrogens with one attached hydrogen (secondary N) is 3. The first kappa shape index (κ1) is 53.3. The molecule has 20 nitrogen and oxygen atoms in total. The van der Waals surface area contributed by atoms with Crippen LogP contribution in [-0.2, 0) is 26.0 Å². The number of amides is 1. The van der Waals surface area contributed by atoms with E-state index in [1.165, 1.54) is 23.3 Å². The van der Waals surface area contributed by atoms with Gasteiger partial charge in [-0.15, -0.1) is 0 Å². The van der Waals surface area contributed by atoms with Crippen molar-refractivity contribution in [2.45, 2.75) is 107 Å². The second-order valence-corrected chi connectivity index (χ2v) is 25.5. The average Bonchev–Trinajstić information content (AvgIpc) is 4.04. The fourth-order valence-electron chi connectivity index (χ4n) is 13.6. The molecule has 3 aromatic carbocycles. The summed E-state index contributed by atoms with van der Waals surface area (Å²) in [4.78, 5) is 48.5. The first-order chi connectivity index (χ1) is 39.2. The summed E-state index contributed by atoms with van der Waals surface area (Å²) in [6.07, 6.45) is 9.66. The number of aromatic amines is 1. The molecule has 1 saturated carbocycles. The van der Waals surface area contributed by atoms with E-state index in [-0.39, 0.29) is 34.7 Å². The molecule has 6 aromatic rings. The van der Waals surface area contributed by atoms with Crippen LogP contribution in [0.15, 0.2) is 96.2 Å². The minimum absolute atomic E-state index is 0.115. The lowest BCUT2D eigenvalue weighted by Crippen LogP contribution is -2.60. The Morgan fingerprint density at radius 3 is 2.54 bits per heavy atom. The number of sulfonamides is 1. The number of benzene rings is 3. The van der Waals surface area contributed by atoms with Gasteiger partial charge < -0.3 is 43.8 Å². The van der Waals surface area contributed by atoms with Crippen LogP contribution in [0.25, 0.3) is 11.0 Å². The molecule has 3 aromatic heterocycles. The SMILES string of the molecule is Cc1ccccc1[C@@H]1CN(Cc2ccnc3c2OCC(C)(C)O3)CCN1C1CC2(CCN(c3ccc(C(=O)NS(=O)(=O)c4ccc(NCC5CCOCC5)c([N+](=O)[O-])c4)c(N4c5cc6cc[nH]c6nc5O[C@H]5COCC[C@@H]54)c3)CC2)C1. The van der Waals surface area contributed by atoms with Crippen LogP contribution < -0.4 is 34.0 Å². The van der Waals surface area contributed by atoms with Crippen molar-refractivity contribution in [3.05, 3.63) is 124 Å². The van der Waals surface area contributed by atoms with Gasteiger partial charge in [0, 0.05) is 113 Å². The summed E-state index contributed by atoms with van der Waals surface area (Å²) < 4.78 is 61.2. The number of carbonyl (C=O) groups excluding carboxylic acids is 1. The summed E-state index contributed by atoms with van der Waals surface area (Å²) in [7, 11) is -4.62. The van der Waals surface area contributed by atoms with Crippen molar-refractivity contribution in [3.8, 4) is 17.5 Å². The predicted octanol–water partition coefficient (Wildman–Crippen LogP) is 8.68. The number of rotatable bonds is 13. The summed E-state index contributed by atoms with van der Waals surface area (Å²) >= 11 is 0. The maximum absolute atomic E-state index is 14.8. The number of aromatic nitrogens is 3. The van der Waals surface area contributed by atoms with Crippen molar-refractivity contribution < 1.29 is 41.8 Å². The van der Waals surface area contributed by atoms with Crippen LogP contribution in [0.3, 0.4) is 0 Å². The molecule has 1 spiro atoms. The lowest BCUT2D eigenvalue weighted by molar-refractivity contribution is -0.384. The molecule has 0 radical (unpaired) electrons. The molecule has 0 unspecified atom stereocenters. The van der Waals surface area contributed by atoms with E-state index in [2.05, 4.69) is 76.9 Å². The van der Waals surface area contributed by atoms with Crippen LogP contribution >= 0.6 is 0 Å². The number of carbonyl (C=O) groups is 1. The van der Waals surface area contributed by atoms with E-state index in [4.69, 9.17) is 28.7 Å². The lowest BCUT2D eigenvalue weighted by Gasteiger charge is -2.58. The maximum Gasteiger partial charge on any atom is 0.293 e. The molecule has 3 atom stereocenters. The van der Waals surface area contributed by atoms with Gasteiger partial charge in [-0.1, -0.05) is 24.3 Å². The quantitative estimate of drug-likeness (QED) is 0.0727. The fraction of sp³-hybridized carbons (Fsp3) is 0.483. The van der Waals surface area contributed by atoms with Crippen molar-refractivity contribution in [2.24, 2.45) is 11.3 Å². The number of nitro benzene ring substituents is 1. The van der Waals surface area contributed by atoms with Crippen molar-refractivity contribution in [3.63, 3.8) is 0 Å². The molecule has 1 amide bonds. The molecule has 6 aliphatic heterocycles. The number of nitrogens with zero attached hydrogens (tertiary/aromatic N) is 7. The Kier molecular flexibility index (Phi) is 14.1. The number of anilines is 4. The summed E-state index contributed by atoms with van der Waals surface area (Å²) in [5, 5.41) is 16.4. The molecule has 5 fully saturated rings. The molecule has 81 heavy (non-hydrogen) atoms. The van der Waals surface area contributed by atoms with Crippen LogP contribution in [0.5, 0.6) is 17.5 Å². The molecule has 0 bridgehead atoms. The van der Waals surface area contributed by atoms with Gasteiger partial charge in [0.05, 0.1) is 33.7 Å². The zero-order valence-corrected chi connectivity index (χ0v) is 46.9. The maximum atomic E-state index is 14.8. The third kappa shape index (κ3) is 10.5. The van der Waals surface area contributed by atoms with Crippen molar-refractivity contribution in [2.75, 3.05) is 87.4 Å². The highest BCUT2D eigenvalue weighted by Gasteiger charge is 2.50. The topological polar surface area (TPSA) is 219 Å². The second kappa shape index (κ2) is 21.4. The number of hydrogen-bond donors (Lipinski definition) is 3. The third-order valence-corrected chi connectivity index (χ3v) is 19.4. The number of nitro groups is 1. The predicted molar refractivity (Wildman–Crippen MR) is 305 cm³/mol. The van der Waals surface area contributed by atoms with E-state index >= 15 is 0 Å². The second-order valence-electron chi connectivity index (χ2n) is 23.8. The third-order valence-electron chi connectivity index (χ3n) is 18.0. The summed E-state index contributed by atoms with van der Waals surface area (Å²) in [5.41, 5.74) is 6.14. The Balaban J connectivity index is 0.751. The van der Waals surface area contributed by atoms with Gasteiger partial charge in [0.2, 0.25) is 5.88 Å². The number of aryl methyl sites for hydroxylation is 1. The van der Waals surface area contributed by atoms with Gasteiger partial charge in [-0.25, -0.2) is 18.1 Å². The number of ether oxygens (including phenoxy) is 5. The van der Waals surface area contributed by atoms with E-state index in [1.807, 2.05) is 50.5 Å². The Bertz CT molecular complexity index is 3480. The Morgan fingerprint density at radius 2 is 1.73 bits per heavy atom. The largest absolute Gasteiger partial charge is 0.483 e. The van der Waals surface area contributed by atoms with Gasteiger partial charge in [0.15, 0.2) is 5.75 Å². The zero-order chi connectivity index (χ0) is 55.6. The van der Waals surface area contributed by atoms with Crippen LogP contribution in [0.1, 0.15) is 91.9 Å². The molecule has 21 heteroatoms. The standard InChI is InChI=1S/C60H70N10O10S/c1-38-6-4-5-7-45(38)52-35-66(34-41-13-20-62-58-54(41)78-37-59(2,3)80-58)23-24-68(52)43-31-60(32-43)17-21-67(22-18-60)42-8-10-46(49(29-42)69-48-16-27-77-36-53(48)79-57-51(69)28-40-12-19-61-55(40)64-57)56(71)65-81(74,75)44-9-11-47(50(30-44)70(72)73)63-33-39-14-25-76-26-15-39/h4-13,19-20,28-30,39,43,48,52-53,63H,14-18,21-27,31-37H2,1-3H3,(H,61,64)(H,65,71)/t48-,52-,53-/m0/s1. The summed E-state index contributed by atoms with van der Waals surface area (Å²) in [6, 6.07) is 24.5. The Labute approximate surface area is 471 Å². The van der Waals surface area contributed by atoms with Crippen LogP contribution in [0.4, 0.5) is 28.4 Å². The smallest absolute Gasteiger partial charge is 0.293 e. The summed E-state index contributed by atoms with van der Waals surface area (Å²) in [6.45, 7) is 14.4. The highest BCUT2D eigenvalue weighted by atomic mass is 32.2. The monoisotopic (exact) mass is 1120 g/mol. The molecular weight excluding hydrogens is 1050 g/mol. The van der Waals surface area contributed by atoms with Crippen LogP contribution in [0, 0.1) is 28.4 Å². The molecular formula is C60H70N10O10S. The van der Waals surface area contributed by atoms with Gasteiger partial charge in [0.1, 0.15) is 35.3 Å². The highest BCUT2D eigenvalue weighted by Crippen LogP contribution is 2.54. The number of fused-ring (bicyclic) bond motifs is 4. The van der Waals surface area contributed by atoms with Gasteiger partial charge in [-0.05, 0) is 137 Å². The van der Waals surface area contributed by atoms with Crippen molar-refractivity contribution in [1.29, 1.82) is 0 Å². The number of piperazine rings is 1. The van der Waals surface area contributed by atoms with Gasteiger partial charge in [-0.3, -0.25) is 24.7 Å². The van der Waals surface area contributed by atoms with Gasteiger partial charge in [-0.2, -0.15) is 4.98 Å². The molecule has 1 aliphatic carbocycles. The number of hydrogen-bond acceptors (Lipinski definition) is 17. The lowest BCUT2D eigenvalue weighted by atomic mass is 9.59. The zero-order valence-electron chi connectivity index (χ0n) is 46.1. The first-order valence-corrected chi connectivity index (χ1v) is 30.1. The van der Waals surface area contributed by atoms with Gasteiger partial charge >= 0.3 is 0 Å². The Hall–Kier alpha value is -7.04. The molecule has 426 valence electrons. The summed E-state index contributed by atoms with van der Waals surface area (Å²) in [5.74, 6) is 1.07. The minimum atomic E-state index is -4.62. The normalized spacial score (nSPS) is 23.0. The molecule has 7 aliphatic rings. The average molecular weight is 1120 g/mol.